The molecular formula is C20H28N6O2. The molecule has 1 N–H and O–H groups in total. The van der Waals surface area contributed by atoms with Crippen molar-refractivity contribution >= 4 is 28.6 Å². The summed E-state index contributed by atoms with van der Waals surface area (Å²) in [4.78, 5) is 20.9. The Kier molecular flexibility index (Phi) is 6.28. The summed E-state index contributed by atoms with van der Waals surface area (Å²) in [5.74, 6) is 0.818. The largest absolute Gasteiger partial charge is 0.464 e. The highest BCUT2D eigenvalue weighted by molar-refractivity contribution is 5.77. The number of fused-ring (bicyclic) bond motifs is 1. The van der Waals surface area contributed by atoms with Crippen molar-refractivity contribution in [2.45, 2.75) is 53.1 Å². The summed E-state index contributed by atoms with van der Waals surface area (Å²) in [6.07, 6.45) is 9.57. The number of carbonyl (C=O) groups excluding carboxylic acids is 1. The van der Waals surface area contributed by atoms with Gasteiger partial charge in [-0.05, 0) is 25.8 Å². The van der Waals surface area contributed by atoms with Crippen LogP contribution in [0.3, 0.4) is 0 Å². The van der Waals surface area contributed by atoms with Crippen molar-refractivity contribution in [3.8, 4) is 0 Å². The van der Waals surface area contributed by atoms with Crippen LogP contribution in [0.1, 0.15) is 46.6 Å². The fourth-order valence-corrected chi connectivity index (χ4v) is 3.12. The summed E-state index contributed by atoms with van der Waals surface area (Å²) in [6.45, 7) is 9.27. The molecule has 0 radical (unpaired) electrons. The van der Waals surface area contributed by atoms with E-state index >= 15 is 0 Å². The Morgan fingerprint density at radius 1 is 1.25 bits per heavy atom. The van der Waals surface area contributed by atoms with Crippen LogP contribution in [0.25, 0.3) is 11.0 Å². The molecule has 0 amide bonds. The van der Waals surface area contributed by atoms with Gasteiger partial charge in [-0.2, -0.15) is 10.1 Å². The number of nitrogens with one attached hydrogen (secondary N) is 1. The van der Waals surface area contributed by atoms with Crippen molar-refractivity contribution in [1.82, 2.24) is 24.3 Å². The number of hydrogen-bond acceptors (Lipinski definition) is 6. The van der Waals surface area contributed by atoms with E-state index < -0.39 is 6.04 Å². The minimum atomic E-state index is -0.490. The second-order valence-corrected chi connectivity index (χ2v) is 6.89. The summed E-state index contributed by atoms with van der Waals surface area (Å²) in [6, 6.07) is 1.55. The highest BCUT2D eigenvalue weighted by atomic mass is 16.5. The van der Waals surface area contributed by atoms with Gasteiger partial charge in [0.1, 0.15) is 11.7 Å². The van der Waals surface area contributed by atoms with Crippen LogP contribution >= 0.6 is 0 Å². The smallest absolute Gasteiger partial charge is 0.330 e. The van der Waals surface area contributed by atoms with Gasteiger partial charge in [0.25, 0.3) is 0 Å². The van der Waals surface area contributed by atoms with Crippen molar-refractivity contribution in [1.29, 1.82) is 0 Å². The van der Waals surface area contributed by atoms with E-state index in [1.165, 1.54) is 0 Å². The molecule has 150 valence electrons. The zero-order chi connectivity index (χ0) is 20.1. The molecule has 8 heteroatoms. The number of hydrogen-bond donors (Lipinski definition) is 1. The first-order chi connectivity index (χ1) is 13.5. The lowest BCUT2D eigenvalue weighted by Crippen LogP contribution is -2.19. The second kappa shape index (κ2) is 8.86. The molecule has 8 nitrogen and oxygen atoms in total. The highest BCUT2D eigenvalue weighted by Crippen LogP contribution is 2.21. The molecule has 28 heavy (non-hydrogen) atoms. The van der Waals surface area contributed by atoms with E-state index in [1.54, 1.807) is 30.9 Å². The van der Waals surface area contributed by atoms with Crippen LogP contribution in [0.2, 0.25) is 0 Å². The number of ether oxygens (including phenoxy) is 1. The van der Waals surface area contributed by atoms with Crippen molar-refractivity contribution in [3.63, 3.8) is 0 Å². The van der Waals surface area contributed by atoms with Crippen LogP contribution < -0.4 is 5.32 Å². The molecule has 0 aliphatic carbocycles. The van der Waals surface area contributed by atoms with Crippen molar-refractivity contribution in [3.05, 3.63) is 30.9 Å². The predicted octanol–water partition coefficient (Wildman–Crippen LogP) is 3.93. The van der Waals surface area contributed by atoms with Crippen LogP contribution in [-0.2, 0) is 16.1 Å². The zero-order valence-electron chi connectivity index (χ0n) is 16.9. The Labute approximate surface area is 164 Å². The molecule has 0 aliphatic rings. The predicted molar refractivity (Wildman–Crippen MR) is 108 cm³/mol. The monoisotopic (exact) mass is 384 g/mol. The highest BCUT2D eigenvalue weighted by Gasteiger charge is 2.17. The number of carbonyl (C=O) groups is 1. The summed E-state index contributed by atoms with van der Waals surface area (Å²) in [5.41, 5.74) is 1.63. The number of esters is 1. The van der Waals surface area contributed by atoms with Gasteiger partial charge in [-0.25, -0.2) is 9.78 Å². The summed E-state index contributed by atoms with van der Waals surface area (Å²) >= 11 is 0. The Bertz CT molecular complexity index is 928. The van der Waals surface area contributed by atoms with E-state index in [2.05, 4.69) is 45.0 Å². The molecule has 0 aromatic carbocycles. The molecule has 0 bridgehead atoms. The molecule has 0 saturated carbocycles. The second-order valence-electron chi connectivity index (χ2n) is 6.89. The average molecular weight is 384 g/mol. The van der Waals surface area contributed by atoms with Gasteiger partial charge >= 0.3 is 5.97 Å². The van der Waals surface area contributed by atoms with Crippen molar-refractivity contribution in [2.24, 2.45) is 5.92 Å². The topological polar surface area (TPSA) is 86.9 Å². The molecule has 1 unspecified atom stereocenters. The van der Waals surface area contributed by atoms with Crippen LogP contribution in [0.4, 0.5) is 11.6 Å². The molecule has 0 saturated heterocycles. The quantitative estimate of drug-likeness (QED) is 0.563. The fourth-order valence-electron chi connectivity index (χ4n) is 3.12. The normalized spacial score (nSPS) is 12.5. The van der Waals surface area contributed by atoms with Gasteiger partial charge in [-0.1, -0.05) is 26.7 Å². The van der Waals surface area contributed by atoms with E-state index in [-0.39, 0.29) is 5.97 Å². The van der Waals surface area contributed by atoms with Crippen molar-refractivity contribution < 1.29 is 9.53 Å². The maximum atomic E-state index is 11.9. The maximum Gasteiger partial charge on any atom is 0.330 e. The van der Waals surface area contributed by atoms with Gasteiger partial charge in [0.05, 0.1) is 18.5 Å². The van der Waals surface area contributed by atoms with E-state index in [1.807, 2.05) is 12.3 Å². The number of anilines is 2. The van der Waals surface area contributed by atoms with Crippen molar-refractivity contribution in [2.75, 3.05) is 11.9 Å². The third-order valence-corrected chi connectivity index (χ3v) is 4.99. The van der Waals surface area contributed by atoms with Gasteiger partial charge < -0.3 is 14.6 Å². The van der Waals surface area contributed by atoms with Gasteiger partial charge in [-0.15, -0.1) is 0 Å². The lowest BCUT2D eigenvalue weighted by molar-refractivity contribution is -0.146. The Morgan fingerprint density at radius 2 is 2.04 bits per heavy atom. The molecule has 3 rings (SSSR count). The minimum Gasteiger partial charge on any atom is -0.464 e. The molecule has 0 aliphatic heterocycles. The Morgan fingerprint density at radius 3 is 2.75 bits per heavy atom. The first kappa shape index (κ1) is 19.9. The fraction of sp³-hybridized carbons (Fsp3) is 0.500. The first-order valence-electron chi connectivity index (χ1n) is 9.85. The third-order valence-electron chi connectivity index (χ3n) is 4.99. The van der Waals surface area contributed by atoms with Crippen LogP contribution in [0, 0.1) is 5.92 Å². The number of rotatable bonds is 9. The van der Waals surface area contributed by atoms with Gasteiger partial charge in [0.2, 0.25) is 5.95 Å². The van der Waals surface area contributed by atoms with Gasteiger partial charge in [0.15, 0.2) is 0 Å². The summed E-state index contributed by atoms with van der Waals surface area (Å²) in [5, 5.41) is 8.43. The summed E-state index contributed by atoms with van der Waals surface area (Å²) in [7, 11) is 0. The molecule has 0 fully saturated rings. The third kappa shape index (κ3) is 4.32. The lowest BCUT2D eigenvalue weighted by Gasteiger charge is -2.14. The van der Waals surface area contributed by atoms with E-state index in [0.29, 0.717) is 24.2 Å². The molecule has 3 aromatic rings. The summed E-state index contributed by atoms with van der Waals surface area (Å²) < 4.78 is 8.79. The van der Waals surface area contributed by atoms with Crippen LogP contribution in [0.5, 0.6) is 0 Å². The molecule has 3 aromatic heterocycles. The average Bonchev–Trinajstić information content (AvgIpc) is 3.32. The van der Waals surface area contributed by atoms with Gasteiger partial charge in [0, 0.05) is 30.5 Å². The van der Waals surface area contributed by atoms with Gasteiger partial charge in [-0.3, -0.25) is 4.68 Å². The molecule has 0 spiro atoms. The Balaban J connectivity index is 1.77. The lowest BCUT2D eigenvalue weighted by atomic mass is 10.0. The van der Waals surface area contributed by atoms with Crippen LogP contribution in [0.15, 0.2) is 30.9 Å². The standard InChI is InChI=1S/C20H28N6O2/c1-5-15(6-2)12-25-9-8-16-10-21-20(24-18(16)25)23-17-11-22-26(13-17)14(4)19(27)28-7-3/h8-11,13-15H,5-7,12H2,1-4H3,(H,21,23,24). The maximum absolute atomic E-state index is 11.9. The van der Waals surface area contributed by atoms with E-state index in [0.717, 1.165) is 30.4 Å². The zero-order valence-corrected chi connectivity index (χ0v) is 16.9. The number of nitrogens with zero attached hydrogens (tertiary/aromatic N) is 5. The first-order valence-corrected chi connectivity index (χ1v) is 9.85. The molecule has 1 atom stereocenters. The van der Waals surface area contributed by atoms with E-state index in [9.17, 15) is 4.79 Å². The molecular weight excluding hydrogens is 356 g/mol. The van der Waals surface area contributed by atoms with Crippen LogP contribution in [-0.4, -0.2) is 36.9 Å². The Hall–Kier alpha value is -2.90. The molecule has 3 heterocycles. The minimum absolute atomic E-state index is 0.311. The van der Waals surface area contributed by atoms with E-state index in [4.69, 9.17) is 4.74 Å². The SMILES string of the molecule is CCOC(=O)C(C)n1cc(Nc2ncc3ccn(CC(CC)CC)c3n2)cn1. The number of aromatic nitrogens is 5.